The van der Waals surface area contributed by atoms with Crippen LogP contribution in [0.2, 0.25) is 5.02 Å². The Labute approximate surface area is 167 Å². The topological polar surface area (TPSA) is 49.4 Å². The molecule has 2 amide bonds. The van der Waals surface area contributed by atoms with Crippen molar-refractivity contribution in [3.8, 4) is 0 Å². The van der Waals surface area contributed by atoms with Gasteiger partial charge in [0, 0.05) is 31.0 Å². The second-order valence-corrected chi connectivity index (χ2v) is 8.65. The van der Waals surface area contributed by atoms with Crippen LogP contribution in [0.25, 0.3) is 0 Å². The van der Waals surface area contributed by atoms with Crippen molar-refractivity contribution in [3.63, 3.8) is 0 Å². The summed E-state index contributed by atoms with van der Waals surface area (Å²) in [5.74, 6) is 1.05. The monoisotopic (exact) mass is 390 g/mol. The number of hydrogen-bond donors (Lipinski definition) is 1. The molecule has 4 nitrogen and oxygen atoms in total. The molecule has 3 rings (SSSR count). The molecule has 5 heteroatoms. The van der Waals surface area contributed by atoms with Gasteiger partial charge < -0.3 is 10.2 Å². The third kappa shape index (κ3) is 5.04. The molecule has 0 bridgehead atoms. The first-order valence-corrected chi connectivity index (χ1v) is 10.6. The second kappa shape index (κ2) is 9.09. The Morgan fingerprint density at radius 2 is 1.78 bits per heavy atom. The Morgan fingerprint density at radius 3 is 2.37 bits per heavy atom. The van der Waals surface area contributed by atoms with Gasteiger partial charge in [0.05, 0.1) is 6.04 Å². The average molecular weight is 391 g/mol. The first-order chi connectivity index (χ1) is 13.0. The van der Waals surface area contributed by atoms with E-state index in [1.54, 1.807) is 6.92 Å². The maximum Gasteiger partial charge on any atom is 0.223 e. The van der Waals surface area contributed by atoms with Gasteiger partial charge in [0.25, 0.3) is 0 Å². The summed E-state index contributed by atoms with van der Waals surface area (Å²) in [6.45, 7) is 5.18. The van der Waals surface area contributed by atoms with Crippen molar-refractivity contribution in [1.29, 1.82) is 0 Å². The minimum Gasteiger partial charge on any atom is -0.349 e. The van der Waals surface area contributed by atoms with Crippen molar-refractivity contribution in [1.82, 2.24) is 10.2 Å². The summed E-state index contributed by atoms with van der Waals surface area (Å²) in [6.07, 6.45) is 6.58. The van der Waals surface area contributed by atoms with Gasteiger partial charge in [-0.3, -0.25) is 9.59 Å². The second-order valence-electron chi connectivity index (χ2n) is 8.22. The summed E-state index contributed by atoms with van der Waals surface area (Å²) in [5.41, 5.74) is 1.11. The number of likely N-dealkylation sites (tertiary alicyclic amines) is 1. The van der Waals surface area contributed by atoms with E-state index in [-0.39, 0.29) is 23.8 Å². The van der Waals surface area contributed by atoms with E-state index in [1.807, 2.05) is 30.0 Å². The van der Waals surface area contributed by atoms with Crippen molar-refractivity contribution in [2.75, 3.05) is 13.1 Å². The first kappa shape index (κ1) is 20.2. The zero-order chi connectivity index (χ0) is 19.4. The van der Waals surface area contributed by atoms with Crippen LogP contribution in [0, 0.1) is 17.8 Å². The Bertz CT molecular complexity index is 664. The lowest BCUT2D eigenvalue weighted by Crippen LogP contribution is -2.43. The third-order valence-corrected chi connectivity index (χ3v) is 6.72. The Morgan fingerprint density at radius 1 is 1.11 bits per heavy atom. The standard InChI is InChI=1S/C22H31ClN2O2/c1-15(17-10-12-25(13-11-17)16(2)26)22(27)24-21(18-6-3-4-7-18)19-8-5-9-20(23)14-19/h5,8-9,14-15,17-18,21H,3-4,6-7,10-13H2,1-2H3,(H,24,27)/t15-,21+/m0/s1. The number of carbonyl (C=O) groups is 2. The van der Waals surface area contributed by atoms with Gasteiger partial charge in [-0.15, -0.1) is 0 Å². The van der Waals surface area contributed by atoms with Gasteiger partial charge in [-0.25, -0.2) is 0 Å². The van der Waals surface area contributed by atoms with E-state index in [9.17, 15) is 9.59 Å². The highest BCUT2D eigenvalue weighted by atomic mass is 35.5. The molecule has 0 unspecified atom stereocenters. The number of hydrogen-bond acceptors (Lipinski definition) is 2. The van der Waals surface area contributed by atoms with Crippen molar-refractivity contribution in [2.45, 2.75) is 58.4 Å². The fourth-order valence-electron chi connectivity index (χ4n) is 4.68. The van der Waals surface area contributed by atoms with Crippen LogP contribution in [0.5, 0.6) is 0 Å². The van der Waals surface area contributed by atoms with E-state index in [0.29, 0.717) is 11.8 Å². The van der Waals surface area contributed by atoms with Crippen molar-refractivity contribution in [3.05, 3.63) is 34.9 Å². The smallest absolute Gasteiger partial charge is 0.223 e. The van der Waals surface area contributed by atoms with Gasteiger partial charge in [-0.2, -0.15) is 0 Å². The van der Waals surface area contributed by atoms with Gasteiger partial charge in [-0.05, 0) is 55.2 Å². The molecule has 2 aliphatic rings. The number of carbonyl (C=O) groups excluding carboxylic acids is 2. The van der Waals surface area contributed by atoms with E-state index < -0.39 is 0 Å². The molecule has 1 N–H and O–H groups in total. The summed E-state index contributed by atoms with van der Waals surface area (Å²) in [5, 5.41) is 4.07. The molecule has 0 spiro atoms. The fourth-order valence-corrected chi connectivity index (χ4v) is 4.88. The summed E-state index contributed by atoms with van der Waals surface area (Å²) in [6, 6.07) is 7.95. The molecule has 27 heavy (non-hydrogen) atoms. The van der Waals surface area contributed by atoms with Crippen LogP contribution in [0.15, 0.2) is 24.3 Å². The predicted molar refractivity (Wildman–Crippen MR) is 108 cm³/mol. The number of rotatable bonds is 5. The van der Waals surface area contributed by atoms with Crippen LogP contribution in [-0.4, -0.2) is 29.8 Å². The summed E-state index contributed by atoms with van der Waals surface area (Å²) in [4.78, 5) is 26.5. The van der Waals surface area contributed by atoms with E-state index >= 15 is 0 Å². The highest BCUT2D eigenvalue weighted by molar-refractivity contribution is 6.30. The molecule has 1 aromatic carbocycles. The minimum atomic E-state index is -0.0396. The first-order valence-electron chi connectivity index (χ1n) is 10.3. The van der Waals surface area contributed by atoms with Gasteiger partial charge >= 0.3 is 0 Å². The lowest BCUT2D eigenvalue weighted by atomic mass is 9.84. The van der Waals surface area contributed by atoms with Crippen LogP contribution >= 0.6 is 11.6 Å². The number of piperidine rings is 1. The number of benzene rings is 1. The molecule has 2 fully saturated rings. The van der Waals surface area contributed by atoms with Crippen LogP contribution in [0.3, 0.4) is 0 Å². The van der Waals surface area contributed by atoms with Crippen molar-refractivity contribution in [2.24, 2.45) is 17.8 Å². The Hall–Kier alpha value is -1.55. The quantitative estimate of drug-likeness (QED) is 0.799. The maximum absolute atomic E-state index is 13.1. The number of halogens is 1. The van der Waals surface area contributed by atoms with E-state index in [2.05, 4.69) is 11.4 Å². The Kier molecular flexibility index (Phi) is 6.80. The molecular formula is C22H31ClN2O2. The maximum atomic E-state index is 13.1. The van der Waals surface area contributed by atoms with Gasteiger partial charge in [0.15, 0.2) is 0 Å². The van der Waals surface area contributed by atoms with E-state index in [1.165, 1.54) is 12.8 Å². The molecular weight excluding hydrogens is 360 g/mol. The van der Waals surface area contributed by atoms with Crippen LogP contribution in [0.4, 0.5) is 0 Å². The summed E-state index contributed by atoms with van der Waals surface area (Å²) in [7, 11) is 0. The fraction of sp³-hybridized carbons (Fsp3) is 0.636. The zero-order valence-electron chi connectivity index (χ0n) is 16.4. The molecule has 1 aliphatic heterocycles. The van der Waals surface area contributed by atoms with Crippen LogP contribution < -0.4 is 5.32 Å². The zero-order valence-corrected chi connectivity index (χ0v) is 17.2. The van der Waals surface area contributed by atoms with E-state index in [4.69, 9.17) is 11.6 Å². The molecule has 1 aliphatic carbocycles. The number of amides is 2. The average Bonchev–Trinajstić information content (AvgIpc) is 3.19. The molecule has 1 saturated heterocycles. The predicted octanol–water partition coefficient (Wildman–Crippen LogP) is 4.58. The van der Waals surface area contributed by atoms with E-state index in [0.717, 1.165) is 49.4 Å². The summed E-state index contributed by atoms with van der Waals surface area (Å²) < 4.78 is 0. The third-order valence-electron chi connectivity index (χ3n) is 6.48. The van der Waals surface area contributed by atoms with Crippen LogP contribution in [-0.2, 0) is 9.59 Å². The largest absolute Gasteiger partial charge is 0.349 e. The Balaban J connectivity index is 1.66. The normalized spacial score (nSPS) is 21.1. The van der Waals surface area contributed by atoms with Gasteiger partial charge in [-0.1, -0.05) is 43.5 Å². The number of nitrogens with zero attached hydrogens (tertiary/aromatic N) is 1. The molecule has 148 valence electrons. The molecule has 1 heterocycles. The highest BCUT2D eigenvalue weighted by Gasteiger charge is 2.33. The molecule has 1 aromatic rings. The van der Waals surface area contributed by atoms with Crippen molar-refractivity contribution < 1.29 is 9.59 Å². The lowest BCUT2D eigenvalue weighted by molar-refractivity contribution is -0.131. The highest BCUT2D eigenvalue weighted by Crippen LogP contribution is 2.37. The van der Waals surface area contributed by atoms with Gasteiger partial charge in [0.1, 0.15) is 0 Å². The van der Waals surface area contributed by atoms with Crippen LogP contribution in [0.1, 0.15) is 64.0 Å². The number of nitrogens with one attached hydrogen (secondary N) is 1. The molecule has 1 saturated carbocycles. The van der Waals surface area contributed by atoms with Crippen molar-refractivity contribution >= 4 is 23.4 Å². The summed E-state index contributed by atoms with van der Waals surface area (Å²) >= 11 is 6.21. The molecule has 0 radical (unpaired) electrons. The lowest BCUT2D eigenvalue weighted by Gasteiger charge is -2.35. The molecule has 0 aromatic heterocycles. The SMILES string of the molecule is CC(=O)N1CCC([C@H](C)C(=O)N[C@@H](c2cccc(Cl)c2)C2CCCC2)CC1. The van der Waals surface area contributed by atoms with Gasteiger partial charge in [0.2, 0.25) is 11.8 Å². The molecule has 2 atom stereocenters. The minimum absolute atomic E-state index is 0.0396.